The van der Waals surface area contributed by atoms with Gasteiger partial charge in [-0.15, -0.1) is 5.10 Å². The number of hydrogen-bond acceptors (Lipinski definition) is 5. The Bertz CT molecular complexity index is 796. The summed E-state index contributed by atoms with van der Waals surface area (Å²) < 4.78 is 28.1. The monoisotopic (exact) mass is 374 g/mol. The third-order valence-corrected chi connectivity index (χ3v) is 4.97. The number of aromatic carboxylic acids is 1. The van der Waals surface area contributed by atoms with Gasteiger partial charge in [-0.2, -0.15) is 8.42 Å². The number of carboxylic acid groups (broad SMARTS) is 1. The molecule has 0 radical (unpaired) electrons. The number of benzene rings is 1. The fourth-order valence-corrected chi connectivity index (χ4v) is 4.01. The molecule has 1 heterocycles. The molecule has 1 aromatic heterocycles. The maximum absolute atomic E-state index is 12.4. The second-order valence-corrected chi connectivity index (χ2v) is 6.57. The van der Waals surface area contributed by atoms with Gasteiger partial charge >= 0.3 is 5.97 Å². The predicted octanol–water partition coefficient (Wildman–Crippen LogP) is 1.39. The van der Waals surface area contributed by atoms with Crippen LogP contribution in [0.1, 0.15) is 15.9 Å². The number of rotatable bonds is 4. The van der Waals surface area contributed by atoms with Crippen molar-refractivity contribution in [3.8, 4) is 0 Å². The zero-order chi connectivity index (χ0) is 15.8. The molecule has 0 aliphatic rings. The summed E-state index contributed by atoms with van der Waals surface area (Å²) in [6.07, 6.45) is 0. The molecule has 0 spiro atoms. The molecule has 112 valence electrons. The van der Waals surface area contributed by atoms with Crippen molar-refractivity contribution in [3.05, 3.63) is 33.9 Å². The van der Waals surface area contributed by atoms with E-state index in [9.17, 15) is 18.3 Å². The number of aromatic nitrogens is 3. The normalized spacial score (nSPS) is 11.4. The van der Waals surface area contributed by atoms with Crippen LogP contribution in [-0.2, 0) is 17.1 Å². The predicted molar refractivity (Wildman–Crippen MR) is 77.6 cm³/mol. The lowest BCUT2D eigenvalue weighted by Gasteiger charge is -2.12. The fourth-order valence-electron chi connectivity index (χ4n) is 1.84. The molecule has 21 heavy (non-hydrogen) atoms. The van der Waals surface area contributed by atoms with Crippen molar-refractivity contribution in [2.24, 2.45) is 7.05 Å². The van der Waals surface area contributed by atoms with E-state index in [-0.39, 0.29) is 20.9 Å². The molecule has 0 saturated carbocycles. The molecule has 0 saturated heterocycles. The first-order chi connectivity index (χ1) is 9.74. The van der Waals surface area contributed by atoms with Crippen LogP contribution in [0, 0.1) is 6.92 Å². The minimum absolute atomic E-state index is 0.0180. The number of carboxylic acids is 1. The molecule has 2 aromatic rings. The van der Waals surface area contributed by atoms with Crippen LogP contribution in [0.4, 0.5) is 5.69 Å². The van der Waals surface area contributed by atoms with Gasteiger partial charge in [-0.3, -0.25) is 4.72 Å². The van der Waals surface area contributed by atoms with Crippen molar-refractivity contribution < 1.29 is 18.3 Å². The summed E-state index contributed by atoms with van der Waals surface area (Å²) in [6, 6.07) is 4.53. The van der Waals surface area contributed by atoms with Gasteiger partial charge < -0.3 is 5.11 Å². The van der Waals surface area contributed by atoms with Crippen LogP contribution in [0.5, 0.6) is 0 Å². The number of sulfonamides is 1. The maximum atomic E-state index is 12.4. The average molecular weight is 375 g/mol. The Labute approximate surface area is 129 Å². The van der Waals surface area contributed by atoms with E-state index in [1.807, 2.05) is 0 Å². The smallest absolute Gasteiger partial charge is 0.338 e. The van der Waals surface area contributed by atoms with E-state index in [0.29, 0.717) is 5.56 Å². The van der Waals surface area contributed by atoms with Crippen molar-refractivity contribution >= 4 is 37.6 Å². The van der Waals surface area contributed by atoms with Gasteiger partial charge in [0.1, 0.15) is 0 Å². The Morgan fingerprint density at radius 1 is 1.43 bits per heavy atom. The number of nitrogens with zero attached hydrogens (tertiary/aromatic N) is 3. The number of halogens is 1. The van der Waals surface area contributed by atoms with Gasteiger partial charge in [-0.1, -0.05) is 17.3 Å². The van der Waals surface area contributed by atoms with Gasteiger partial charge in [0.2, 0.25) is 5.03 Å². The Hall–Kier alpha value is -1.94. The van der Waals surface area contributed by atoms with E-state index < -0.39 is 16.0 Å². The maximum Gasteiger partial charge on any atom is 0.338 e. The van der Waals surface area contributed by atoms with Crippen molar-refractivity contribution in [2.45, 2.75) is 11.9 Å². The molecule has 2 N–H and O–H groups in total. The summed E-state index contributed by atoms with van der Waals surface area (Å²) >= 11 is 3.00. The lowest BCUT2D eigenvalue weighted by Crippen LogP contribution is -2.19. The summed E-state index contributed by atoms with van der Waals surface area (Å²) in [5.41, 5.74) is 0.327. The largest absolute Gasteiger partial charge is 0.478 e. The van der Waals surface area contributed by atoms with Crippen LogP contribution < -0.4 is 4.72 Å². The minimum Gasteiger partial charge on any atom is -0.478 e. The number of anilines is 1. The van der Waals surface area contributed by atoms with Gasteiger partial charge in [-0.25, -0.2) is 9.48 Å². The lowest BCUT2D eigenvalue weighted by atomic mass is 10.1. The van der Waals surface area contributed by atoms with Crippen LogP contribution in [-0.4, -0.2) is 34.5 Å². The molecule has 0 aliphatic heterocycles. The fraction of sp³-hybridized carbons (Fsp3) is 0.182. The molecule has 0 aliphatic carbocycles. The molecule has 1 aromatic carbocycles. The topological polar surface area (TPSA) is 114 Å². The summed E-state index contributed by atoms with van der Waals surface area (Å²) in [6.45, 7) is 1.59. The SMILES string of the molecule is Cc1cccc(NS(=O)(=O)c2c(Br)nnn2C)c1C(=O)O. The Kier molecular flexibility index (Phi) is 4.01. The second kappa shape index (κ2) is 5.45. The summed E-state index contributed by atoms with van der Waals surface area (Å²) in [5, 5.41) is 16.2. The Balaban J connectivity index is 2.53. The zero-order valence-electron chi connectivity index (χ0n) is 11.0. The first-order valence-corrected chi connectivity index (χ1v) is 7.92. The van der Waals surface area contributed by atoms with E-state index in [4.69, 9.17) is 0 Å². The highest BCUT2D eigenvalue weighted by Crippen LogP contribution is 2.25. The van der Waals surface area contributed by atoms with Crippen LogP contribution in [0.15, 0.2) is 27.8 Å². The Morgan fingerprint density at radius 3 is 2.62 bits per heavy atom. The highest BCUT2D eigenvalue weighted by molar-refractivity contribution is 9.10. The van der Waals surface area contributed by atoms with Crippen LogP contribution in [0.2, 0.25) is 0 Å². The molecule has 2 rings (SSSR count). The standard InChI is InChI=1S/C11H11BrN4O4S/c1-6-4-3-5-7(8(6)11(17)18)14-21(19,20)10-9(12)13-15-16(10)2/h3-5,14H,1-2H3,(H,17,18). The number of carbonyl (C=O) groups is 1. The van der Waals surface area contributed by atoms with Crippen molar-refractivity contribution in [3.63, 3.8) is 0 Å². The first kappa shape index (κ1) is 15.4. The van der Waals surface area contributed by atoms with Crippen LogP contribution in [0.3, 0.4) is 0 Å². The minimum atomic E-state index is -4.03. The third kappa shape index (κ3) is 2.90. The molecular formula is C11H11BrN4O4S. The van der Waals surface area contributed by atoms with Crippen molar-refractivity contribution in [1.82, 2.24) is 15.0 Å². The van der Waals surface area contributed by atoms with Crippen molar-refractivity contribution in [2.75, 3.05) is 4.72 Å². The van der Waals surface area contributed by atoms with E-state index >= 15 is 0 Å². The van der Waals surface area contributed by atoms with Gasteiger partial charge in [-0.05, 0) is 34.5 Å². The van der Waals surface area contributed by atoms with Crippen LogP contribution >= 0.6 is 15.9 Å². The van der Waals surface area contributed by atoms with Gasteiger partial charge in [0.25, 0.3) is 10.0 Å². The van der Waals surface area contributed by atoms with Crippen molar-refractivity contribution in [1.29, 1.82) is 0 Å². The average Bonchev–Trinajstić information content (AvgIpc) is 2.68. The molecule has 8 nitrogen and oxygen atoms in total. The molecule has 0 fully saturated rings. The van der Waals surface area contributed by atoms with E-state index in [1.165, 1.54) is 13.1 Å². The molecule has 0 unspecified atom stereocenters. The lowest BCUT2D eigenvalue weighted by molar-refractivity contribution is 0.0697. The number of aryl methyl sites for hydroxylation is 2. The highest BCUT2D eigenvalue weighted by Gasteiger charge is 2.26. The summed E-state index contributed by atoms with van der Waals surface area (Å²) in [4.78, 5) is 11.3. The van der Waals surface area contributed by atoms with Gasteiger partial charge in [0, 0.05) is 7.05 Å². The van der Waals surface area contributed by atoms with Crippen LogP contribution in [0.25, 0.3) is 0 Å². The van der Waals surface area contributed by atoms with Gasteiger partial charge in [0.05, 0.1) is 11.3 Å². The molecular weight excluding hydrogens is 364 g/mol. The van der Waals surface area contributed by atoms with Gasteiger partial charge in [0.15, 0.2) is 4.60 Å². The van der Waals surface area contributed by atoms with E-state index in [2.05, 4.69) is 31.0 Å². The molecule has 0 bridgehead atoms. The van der Waals surface area contributed by atoms with E-state index in [1.54, 1.807) is 19.1 Å². The molecule has 0 amide bonds. The first-order valence-electron chi connectivity index (χ1n) is 5.65. The number of nitrogens with one attached hydrogen (secondary N) is 1. The zero-order valence-corrected chi connectivity index (χ0v) is 13.4. The summed E-state index contributed by atoms with van der Waals surface area (Å²) in [5.74, 6) is -1.21. The second-order valence-electron chi connectivity index (χ2n) is 4.22. The third-order valence-electron chi connectivity index (χ3n) is 2.72. The quantitative estimate of drug-likeness (QED) is 0.835. The summed E-state index contributed by atoms with van der Waals surface area (Å²) in [7, 11) is -2.61. The van der Waals surface area contributed by atoms with E-state index in [0.717, 1.165) is 4.68 Å². The molecule has 10 heteroatoms. The number of hydrogen-bond donors (Lipinski definition) is 2. The highest BCUT2D eigenvalue weighted by atomic mass is 79.9. The molecule has 0 atom stereocenters. The Morgan fingerprint density at radius 2 is 2.10 bits per heavy atom.